The van der Waals surface area contributed by atoms with Crippen LogP contribution in [0.3, 0.4) is 0 Å². The molecule has 7 heteroatoms. The summed E-state index contributed by atoms with van der Waals surface area (Å²) in [4.78, 5) is 20.0. The van der Waals surface area contributed by atoms with Gasteiger partial charge in [0.25, 0.3) is 0 Å². The molecule has 1 fully saturated rings. The quantitative estimate of drug-likeness (QED) is 0.553. The van der Waals surface area contributed by atoms with Crippen molar-refractivity contribution in [2.75, 3.05) is 47.0 Å². The molecule has 0 bridgehead atoms. The van der Waals surface area contributed by atoms with E-state index < -0.39 is 0 Å². The van der Waals surface area contributed by atoms with Gasteiger partial charge in [0.05, 0.1) is 26.4 Å². The molecule has 1 aliphatic heterocycles. The van der Waals surface area contributed by atoms with E-state index in [1.165, 1.54) is 18.1 Å². The summed E-state index contributed by atoms with van der Waals surface area (Å²) in [7, 11) is 3.11. The Hall–Kier alpha value is -2.87. The highest BCUT2D eigenvalue weighted by atomic mass is 16.5. The average Bonchev–Trinajstić information content (AvgIpc) is 3.32. The first-order chi connectivity index (χ1) is 15.5. The maximum atomic E-state index is 11.9. The Bertz CT molecular complexity index is 1080. The zero-order valence-corrected chi connectivity index (χ0v) is 18.9. The number of hydrogen-bond donors (Lipinski definition) is 2. The number of piperazine rings is 1. The first-order valence-electron chi connectivity index (χ1n) is 10.9. The van der Waals surface area contributed by atoms with Gasteiger partial charge in [-0.05, 0) is 42.3 Å². The Balaban J connectivity index is 1.67. The third-order valence-corrected chi connectivity index (χ3v) is 6.40. The second-order valence-corrected chi connectivity index (χ2v) is 8.26. The fourth-order valence-electron chi connectivity index (χ4n) is 4.67. The number of benzene rings is 2. The Morgan fingerprint density at radius 1 is 1.19 bits per heavy atom. The number of hydrogen-bond acceptors (Lipinski definition) is 6. The van der Waals surface area contributed by atoms with Crippen molar-refractivity contribution in [1.82, 2.24) is 14.8 Å². The number of carbonyl (C=O) groups excluding carboxylic acids is 1. The monoisotopic (exact) mass is 437 g/mol. The van der Waals surface area contributed by atoms with Gasteiger partial charge < -0.3 is 19.6 Å². The van der Waals surface area contributed by atoms with E-state index in [0.29, 0.717) is 12.1 Å². The van der Waals surface area contributed by atoms with Crippen LogP contribution in [0.25, 0.3) is 10.9 Å². The lowest BCUT2D eigenvalue weighted by Gasteiger charge is -2.42. The van der Waals surface area contributed by atoms with E-state index in [1.54, 1.807) is 7.11 Å². The third-order valence-electron chi connectivity index (χ3n) is 6.40. The Morgan fingerprint density at radius 2 is 1.97 bits per heavy atom. The van der Waals surface area contributed by atoms with E-state index in [2.05, 4.69) is 33.8 Å². The van der Waals surface area contributed by atoms with Crippen molar-refractivity contribution in [1.29, 1.82) is 0 Å². The molecule has 0 aliphatic carbocycles. The molecule has 32 heavy (non-hydrogen) atoms. The summed E-state index contributed by atoms with van der Waals surface area (Å²) >= 11 is 0. The highest BCUT2D eigenvalue weighted by molar-refractivity contribution is 5.89. The van der Waals surface area contributed by atoms with Crippen LogP contribution in [0.4, 0.5) is 0 Å². The molecule has 2 aromatic carbocycles. The molecule has 1 atom stereocenters. The van der Waals surface area contributed by atoms with Crippen LogP contribution in [0.15, 0.2) is 42.6 Å². The lowest BCUT2D eigenvalue weighted by Crippen LogP contribution is -2.48. The maximum Gasteiger partial charge on any atom is 0.337 e. The molecule has 170 valence electrons. The number of aliphatic hydroxyl groups is 1. The van der Waals surface area contributed by atoms with Crippen molar-refractivity contribution in [2.45, 2.75) is 19.5 Å². The van der Waals surface area contributed by atoms with E-state index in [-0.39, 0.29) is 18.6 Å². The molecule has 1 saturated heterocycles. The molecule has 1 aliphatic rings. The predicted molar refractivity (Wildman–Crippen MR) is 124 cm³/mol. The predicted octanol–water partition coefficient (Wildman–Crippen LogP) is 3.12. The van der Waals surface area contributed by atoms with E-state index >= 15 is 0 Å². The smallest absolute Gasteiger partial charge is 0.337 e. The molecule has 1 aromatic heterocycles. The fourth-order valence-corrected chi connectivity index (χ4v) is 4.67. The number of nitrogens with zero attached hydrogens (tertiary/aromatic N) is 2. The van der Waals surface area contributed by atoms with Gasteiger partial charge in [-0.2, -0.15) is 0 Å². The number of H-pyrrole nitrogens is 1. The van der Waals surface area contributed by atoms with Crippen LogP contribution < -0.4 is 4.74 Å². The van der Waals surface area contributed by atoms with Crippen molar-refractivity contribution in [2.24, 2.45) is 0 Å². The lowest BCUT2D eigenvalue weighted by atomic mass is 9.98. The number of fused-ring (bicyclic) bond motifs is 1. The minimum absolute atomic E-state index is 0.127. The van der Waals surface area contributed by atoms with Crippen LogP contribution in [-0.4, -0.2) is 72.9 Å². The molecule has 1 unspecified atom stereocenters. The van der Waals surface area contributed by atoms with Crippen LogP contribution in [0, 0.1) is 6.92 Å². The normalized spacial score (nSPS) is 17.6. The maximum absolute atomic E-state index is 11.9. The minimum Gasteiger partial charge on any atom is -0.496 e. The van der Waals surface area contributed by atoms with Crippen molar-refractivity contribution in [3.63, 3.8) is 0 Å². The number of aromatic amines is 1. The number of aromatic nitrogens is 1. The summed E-state index contributed by atoms with van der Waals surface area (Å²) in [6.45, 7) is 6.19. The number of esters is 1. The van der Waals surface area contributed by atoms with Gasteiger partial charge in [-0.25, -0.2) is 4.79 Å². The molecule has 7 nitrogen and oxygen atoms in total. The Morgan fingerprint density at radius 3 is 2.66 bits per heavy atom. The standard InChI is InChI=1S/C25H31N3O4/c1-17-14-23(31-2)21(20-8-9-26-24(17)20)15-28-11-10-27(12-13-29)16-22(28)18-4-6-19(7-5-18)25(30)32-3/h4-9,14,22,26,29H,10-13,15-16H2,1-3H3. The molecule has 0 saturated carbocycles. The van der Waals surface area contributed by atoms with Crippen LogP contribution in [0.5, 0.6) is 5.75 Å². The summed E-state index contributed by atoms with van der Waals surface area (Å²) in [5, 5.41) is 10.6. The summed E-state index contributed by atoms with van der Waals surface area (Å²) in [6.07, 6.45) is 1.98. The van der Waals surface area contributed by atoms with E-state index in [1.807, 2.05) is 30.5 Å². The topological polar surface area (TPSA) is 78.0 Å². The van der Waals surface area contributed by atoms with Gasteiger partial charge in [0.15, 0.2) is 0 Å². The molecule has 0 spiro atoms. The molecule has 2 heterocycles. The van der Waals surface area contributed by atoms with Gasteiger partial charge in [-0.15, -0.1) is 0 Å². The van der Waals surface area contributed by atoms with Crippen LogP contribution in [-0.2, 0) is 11.3 Å². The number of methoxy groups -OCH3 is 2. The lowest BCUT2D eigenvalue weighted by molar-refractivity contribution is 0.0570. The SMILES string of the molecule is COC(=O)c1ccc(C2CN(CCO)CCN2Cc2c(OC)cc(C)c3[nH]ccc23)cc1. The number of β-amino-alcohol motifs (C(OH)–C–C–N with tert-alkyl or cyclic N) is 1. The van der Waals surface area contributed by atoms with Gasteiger partial charge in [0.1, 0.15) is 5.75 Å². The highest BCUT2D eigenvalue weighted by Crippen LogP contribution is 2.35. The van der Waals surface area contributed by atoms with Gasteiger partial charge in [0, 0.05) is 61.4 Å². The van der Waals surface area contributed by atoms with Crippen LogP contribution in [0.1, 0.15) is 33.1 Å². The van der Waals surface area contributed by atoms with Crippen molar-refractivity contribution < 1.29 is 19.4 Å². The molecule has 0 radical (unpaired) electrons. The molecule has 2 N–H and O–H groups in total. The van der Waals surface area contributed by atoms with Crippen LogP contribution >= 0.6 is 0 Å². The minimum atomic E-state index is -0.335. The second kappa shape index (κ2) is 9.73. The van der Waals surface area contributed by atoms with Gasteiger partial charge >= 0.3 is 5.97 Å². The Labute approximate surface area is 188 Å². The first-order valence-corrected chi connectivity index (χ1v) is 10.9. The molecule has 3 aromatic rings. The number of ether oxygens (including phenoxy) is 2. The Kier molecular flexibility index (Phi) is 6.79. The average molecular weight is 438 g/mol. The zero-order chi connectivity index (χ0) is 22.7. The van der Waals surface area contributed by atoms with Gasteiger partial charge in [-0.3, -0.25) is 9.80 Å². The number of rotatable bonds is 7. The molecule has 4 rings (SSSR count). The third kappa shape index (κ3) is 4.37. The number of carbonyl (C=O) groups is 1. The molecular weight excluding hydrogens is 406 g/mol. The van der Waals surface area contributed by atoms with E-state index in [9.17, 15) is 9.90 Å². The number of nitrogens with one attached hydrogen (secondary N) is 1. The van der Waals surface area contributed by atoms with Gasteiger partial charge in [-0.1, -0.05) is 12.1 Å². The summed E-state index contributed by atoms with van der Waals surface area (Å²) in [6, 6.07) is 12.0. The van der Waals surface area contributed by atoms with E-state index in [4.69, 9.17) is 9.47 Å². The second-order valence-electron chi connectivity index (χ2n) is 8.26. The van der Waals surface area contributed by atoms with Crippen molar-refractivity contribution >= 4 is 16.9 Å². The van der Waals surface area contributed by atoms with Crippen molar-refractivity contribution in [3.8, 4) is 5.75 Å². The summed E-state index contributed by atoms with van der Waals surface area (Å²) in [5.74, 6) is 0.561. The summed E-state index contributed by atoms with van der Waals surface area (Å²) in [5.41, 5.74) is 5.14. The largest absolute Gasteiger partial charge is 0.496 e. The number of aliphatic hydroxyl groups excluding tert-OH is 1. The van der Waals surface area contributed by atoms with Gasteiger partial charge in [0.2, 0.25) is 0 Å². The highest BCUT2D eigenvalue weighted by Gasteiger charge is 2.29. The fraction of sp³-hybridized carbons (Fsp3) is 0.400. The van der Waals surface area contributed by atoms with E-state index in [0.717, 1.165) is 48.6 Å². The molecule has 0 amide bonds. The van der Waals surface area contributed by atoms with Crippen molar-refractivity contribution in [3.05, 3.63) is 64.8 Å². The summed E-state index contributed by atoms with van der Waals surface area (Å²) < 4.78 is 10.6. The zero-order valence-electron chi connectivity index (χ0n) is 18.9. The number of aryl methyl sites for hydroxylation is 1. The first kappa shape index (κ1) is 22.3. The van der Waals surface area contributed by atoms with Crippen LogP contribution in [0.2, 0.25) is 0 Å². The molecular formula is C25H31N3O4.